The lowest BCUT2D eigenvalue weighted by Gasteiger charge is -2.38. The zero-order valence-electron chi connectivity index (χ0n) is 12.2. The van der Waals surface area contributed by atoms with Crippen LogP contribution in [0.1, 0.15) is 38.7 Å². The third-order valence-electron chi connectivity index (χ3n) is 3.87. The van der Waals surface area contributed by atoms with Gasteiger partial charge < -0.3 is 5.32 Å². The maximum atomic E-state index is 13.2. The van der Waals surface area contributed by atoms with Crippen LogP contribution in [0.3, 0.4) is 0 Å². The van der Waals surface area contributed by atoms with E-state index in [0.29, 0.717) is 17.8 Å². The molecule has 0 spiro atoms. The molecule has 110 valence electrons. The minimum atomic E-state index is -0.356. The summed E-state index contributed by atoms with van der Waals surface area (Å²) in [7, 11) is 0. The van der Waals surface area contributed by atoms with Crippen LogP contribution >= 0.6 is 0 Å². The third kappa shape index (κ3) is 3.48. The fourth-order valence-electron chi connectivity index (χ4n) is 2.64. The van der Waals surface area contributed by atoms with Gasteiger partial charge in [0.25, 0.3) is 0 Å². The van der Waals surface area contributed by atoms with E-state index < -0.39 is 0 Å². The molecular formula is C15H22FN3O. The molecule has 2 rings (SSSR count). The van der Waals surface area contributed by atoms with Crippen molar-refractivity contribution in [1.82, 2.24) is 10.4 Å². The van der Waals surface area contributed by atoms with Crippen molar-refractivity contribution in [2.45, 2.75) is 52.1 Å². The van der Waals surface area contributed by atoms with Gasteiger partial charge in [0.2, 0.25) is 0 Å². The van der Waals surface area contributed by atoms with Crippen LogP contribution in [-0.2, 0) is 0 Å². The smallest absolute Gasteiger partial charge is 0.307 e. The third-order valence-corrected chi connectivity index (χ3v) is 3.87. The van der Waals surface area contributed by atoms with Crippen molar-refractivity contribution in [2.75, 3.05) is 5.32 Å². The predicted octanol–water partition coefficient (Wildman–Crippen LogP) is 3.43. The summed E-state index contributed by atoms with van der Waals surface area (Å²) in [4.78, 5) is 12.0. The lowest BCUT2D eigenvalue weighted by atomic mass is 10.00. The summed E-state index contributed by atoms with van der Waals surface area (Å²) in [5.41, 5.74) is 4.21. The molecule has 5 heteroatoms. The lowest BCUT2D eigenvalue weighted by molar-refractivity contribution is 0.0625. The fraction of sp³-hybridized carbons (Fsp3) is 0.533. The van der Waals surface area contributed by atoms with Crippen molar-refractivity contribution in [3.63, 3.8) is 0 Å². The van der Waals surface area contributed by atoms with Crippen LogP contribution in [0, 0.1) is 12.7 Å². The SMILES string of the molecule is Cc1ccc(F)cc1NC(=O)NN1C(C)CCCC1C. The number of piperidine rings is 1. The van der Waals surface area contributed by atoms with Crippen molar-refractivity contribution in [1.29, 1.82) is 0 Å². The molecule has 20 heavy (non-hydrogen) atoms. The quantitative estimate of drug-likeness (QED) is 0.871. The number of urea groups is 1. The highest BCUT2D eigenvalue weighted by atomic mass is 19.1. The number of hydrazine groups is 1. The highest BCUT2D eigenvalue weighted by Gasteiger charge is 2.26. The number of benzene rings is 1. The van der Waals surface area contributed by atoms with Gasteiger partial charge in [-0.15, -0.1) is 0 Å². The van der Waals surface area contributed by atoms with Gasteiger partial charge in [0.1, 0.15) is 5.82 Å². The Morgan fingerprint density at radius 1 is 1.30 bits per heavy atom. The normalized spacial score (nSPS) is 23.4. The molecule has 1 aliphatic rings. The van der Waals surface area contributed by atoms with E-state index in [9.17, 15) is 9.18 Å². The zero-order chi connectivity index (χ0) is 14.7. The molecule has 1 saturated heterocycles. The first-order chi connectivity index (χ1) is 9.47. The second-order valence-electron chi connectivity index (χ2n) is 5.56. The molecule has 0 bridgehead atoms. The number of carbonyl (C=O) groups is 1. The van der Waals surface area contributed by atoms with Gasteiger partial charge >= 0.3 is 6.03 Å². The van der Waals surface area contributed by atoms with Gasteiger partial charge in [0.15, 0.2) is 0 Å². The standard InChI is InChI=1S/C15H22FN3O/c1-10-7-8-13(16)9-14(10)17-15(20)18-19-11(2)5-4-6-12(19)3/h7-9,11-12H,4-6H2,1-3H3,(H2,17,18,20). The average molecular weight is 279 g/mol. The number of amides is 2. The largest absolute Gasteiger partial charge is 0.333 e. The van der Waals surface area contributed by atoms with Crippen LogP contribution < -0.4 is 10.7 Å². The van der Waals surface area contributed by atoms with Crippen molar-refractivity contribution >= 4 is 11.7 Å². The molecule has 2 amide bonds. The molecule has 0 radical (unpaired) electrons. The van der Waals surface area contributed by atoms with Crippen LogP contribution in [-0.4, -0.2) is 23.1 Å². The number of rotatable bonds is 2. The number of nitrogens with one attached hydrogen (secondary N) is 2. The number of hydrogen-bond donors (Lipinski definition) is 2. The Labute approximate surface area is 119 Å². The molecule has 2 atom stereocenters. The van der Waals surface area contributed by atoms with E-state index in [1.165, 1.54) is 18.6 Å². The molecule has 1 aromatic rings. The van der Waals surface area contributed by atoms with Crippen molar-refractivity contribution in [3.8, 4) is 0 Å². The van der Waals surface area contributed by atoms with Crippen molar-refractivity contribution in [2.24, 2.45) is 0 Å². The number of hydrogen-bond acceptors (Lipinski definition) is 2. The van der Waals surface area contributed by atoms with E-state index >= 15 is 0 Å². The highest BCUT2D eigenvalue weighted by Crippen LogP contribution is 2.21. The minimum absolute atomic E-state index is 0.318. The number of anilines is 1. The molecule has 1 heterocycles. The minimum Gasteiger partial charge on any atom is -0.307 e. The van der Waals surface area contributed by atoms with Crippen LogP contribution in [0.15, 0.2) is 18.2 Å². The number of nitrogens with zero attached hydrogens (tertiary/aromatic N) is 1. The van der Waals surface area contributed by atoms with E-state index in [1.807, 2.05) is 11.9 Å². The number of aryl methyl sites for hydroxylation is 1. The summed E-state index contributed by atoms with van der Waals surface area (Å²) >= 11 is 0. The highest BCUT2D eigenvalue weighted by molar-refractivity contribution is 5.89. The van der Waals surface area contributed by atoms with Gasteiger partial charge in [-0.2, -0.15) is 0 Å². The first kappa shape index (κ1) is 14.8. The summed E-state index contributed by atoms with van der Waals surface area (Å²) in [6.07, 6.45) is 3.33. The molecule has 0 saturated carbocycles. The number of halogens is 1. The van der Waals surface area contributed by atoms with Crippen LogP contribution in [0.2, 0.25) is 0 Å². The summed E-state index contributed by atoms with van der Waals surface area (Å²) in [5, 5.41) is 4.69. The van der Waals surface area contributed by atoms with Crippen molar-refractivity contribution < 1.29 is 9.18 Å². The maximum Gasteiger partial charge on any atom is 0.333 e. The molecule has 1 fully saturated rings. The Morgan fingerprint density at radius 3 is 2.60 bits per heavy atom. The summed E-state index contributed by atoms with van der Waals surface area (Å²) in [6, 6.07) is 4.68. The average Bonchev–Trinajstić information content (AvgIpc) is 2.38. The molecule has 1 aromatic carbocycles. The van der Waals surface area contributed by atoms with Gasteiger partial charge in [0.05, 0.1) is 0 Å². The van der Waals surface area contributed by atoms with E-state index in [4.69, 9.17) is 0 Å². The Balaban J connectivity index is 1.99. The van der Waals surface area contributed by atoms with Crippen molar-refractivity contribution in [3.05, 3.63) is 29.6 Å². The molecule has 2 unspecified atom stereocenters. The first-order valence-corrected chi connectivity index (χ1v) is 7.09. The Bertz CT molecular complexity index is 482. The van der Waals surface area contributed by atoms with E-state index in [0.717, 1.165) is 18.4 Å². The van der Waals surface area contributed by atoms with E-state index in [-0.39, 0.29) is 11.8 Å². The van der Waals surface area contributed by atoms with Gasteiger partial charge in [-0.25, -0.2) is 14.2 Å². The summed E-state index contributed by atoms with van der Waals surface area (Å²) < 4.78 is 13.2. The molecule has 0 aromatic heterocycles. The van der Waals surface area contributed by atoms with E-state index in [2.05, 4.69) is 24.6 Å². The second kappa shape index (κ2) is 6.22. The van der Waals surface area contributed by atoms with Gasteiger partial charge in [-0.05, 0) is 51.3 Å². The maximum absolute atomic E-state index is 13.2. The van der Waals surface area contributed by atoms with Crippen LogP contribution in [0.5, 0.6) is 0 Å². The van der Waals surface area contributed by atoms with Gasteiger partial charge in [-0.1, -0.05) is 12.5 Å². The topological polar surface area (TPSA) is 44.4 Å². The van der Waals surface area contributed by atoms with Gasteiger partial charge in [-0.3, -0.25) is 5.43 Å². The Kier molecular flexibility index (Phi) is 4.60. The number of carbonyl (C=O) groups excluding carboxylic acids is 1. The lowest BCUT2D eigenvalue weighted by Crippen LogP contribution is -2.55. The second-order valence-corrected chi connectivity index (χ2v) is 5.56. The Hall–Kier alpha value is -1.62. The predicted molar refractivity (Wildman–Crippen MR) is 77.9 cm³/mol. The molecule has 0 aliphatic carbocycles. The molecule has 2 N–H and O–H groups in total. The fourth-order valence-corrected chi connectivity index (χ4v) is 2.64. The molecule has 1 aliphatic heterocycles. The molecular weight excluding hydrogens is 257 g/mol. The zero-order valence-corrected chi connectivity index (χ0v) is 12.2. The van der Waals surface area contributed by atoms with Crippen LogP contribution in [0.25, 0.3) is 0 Å². The van der Waals surface area contributed by atoms with E-state index in [1.54, 1.807) is 6.07 Å². The Morgan fingerprint density at radius 2 is 1.95 bits per heavy atom. The van der Waals surface area contributed by atoms with Gasteiger partial charge in [0, 0.05) is 17.8 Å². The monoisotopic (exact) mass is 279 g/mol. The first-order valence-electron chi connectivity index (χ1n) is 7.09. The summed E-state index contributed by atoms with van der Waals surface area (Å²) in [6.45, 7) is 6.04. The molecule has 4 nitrogen and oxygen atoms in total. The summed E-state index contributed by atoms with van der Waals surface area (Å²) in [5.74, 6) is -0.356. The van der Waals surface area contributed by atoms with Crippen LogP contribution in [0.4, 0.5) is 14.9 Å².